The predicted octanol–water partition coefficient (Wildman–Crippen LogP) is 2.09. The van der Waals surface area contributed by atoms with Gasteiger partial charge in [-0.05, 0) is 13.0 Å². The van der Waals surface area contributed by atoms with Gasteiger partial charge in [-0.25, -0.2) is 14.2 Å². The normalized spacial score (nSPS) is 12.7. The lowest BCUT2D eigenvalue weighted by Crippen LogP contribution is -2.29. The fourth-order valence-electron chi connectivity index (χ4n) is 2.58. The maximum absolute atomic E-state index is 13.8. The van der Waals surface area contributed by atoms with Gasteiger partial charge in [-0.1, -0.05) is 18.2 Å². The molecule has 1 aromatic carbocycles. The lowest BCUT2D eigenvalue weighted by Gasteiger charge is -2.12. The van der Waals surface area contributed by atoms with Gasteiger partial charge in [0.1, 0.15) is 11.6 Å². The zero-order valence-corrected chi connectivity index (χ0v) is 14.4. The van der Waals surface area contributed by atoms with Crippen LogP contribution < -0.4 is 11.2 Å². The first-order chi connectivity index (χ1) is 11.4. The number of aromatic nitrogens is 4. The smallest absolute Gasteiger partial charge is 0.325 e. The molecule has 3 aromatic rings. The van der Waals surface area contributed by atoms with Crippen LogP contribution >= 0.6 is 11.8 Å². The first kappa shape index (κ1) is 16.5. The Labute approximate surface area is 141 Å². The summed E-state index contributed by atoms with van der Waals surface area (Å²) in [5.74, 6) is 0.917. The molecule has 2 heterocycles. The highest BCUT2D eigenvalue weighted by molar-refractivity contribution is 7.98. The lowest BCUT2D eigenvalue weighted by atomic mass is 10.1. The van der Waals surface area contributed by atoms with Crippen molar-refractivity contribution in [2.75, 3.05) is 0 Å². The minimum absolute atomic E-state index is 0.0619. The van der Waals surface area contributed by atoms with Gasteiger partial charge in [-0.3, -0.25) is 14.3 Å². The van der Waals surface area contributed by atoms with Crippen molar-refractivity contribution in [3.05, 3.63) is 62.3 Å². The minimum Gasteiger partial charge on any atom is -0.325 e. The van der Waals surface area contributed by atoms with Crippen LogP contribution in [0, 0.1) is 5.82 Å². The highest BCUT2D eigenvalue weighted by atomic mass is 32.2. The van der Waals surface area contributed by atoms with Crippen LogP contribution in [0.4, 0.5) is 4.39 Å². The van der Waals surface area contributed by atoms with Crippen LogP contribution in [0.25, 0.3) is 11.2 Å². The van der Waals surface area contributed by atoms with Crippen molar-refractivity contribution < 1.29 is 4.39 Å². The number of imidazole rings is 1. The van der Waals surface area contributed by atoms with Crippen LogP contribution in [0.1, 0.15) is 23.6 Å². The minimum atomic E-state index is -0.496. The third kappa shape index (κ3) is 2.77. The molecule has 1 unspecified atom stereocenters. The van der Waals surface area contributed by atoms with Gasteiger partial charge in [-0.2, -0.15) is 0 Å². The Bertz CT molecular complexity index is 1020. The number of hydrogen-bond acceptors (Lipinski definition) is 4. The Morgan fingerprint density at radius 3 is 2.67 bits per heavy atom. The molecule has 0 radical (unpaired) electrons. The van der Waals surface area contributed by atoms with E-state index in [9.17, 15) is 14.0 Å². The summed E-state index contributed by atoms with van der Waals surface area (Å²) >= 11 is 1.52. The van der Waals surface area contributed by atoms with Gasteiger partial charge in [0.05, 0.1) is 5.75 Å². The number of rotatable bonds is 4. The molecule has 126 valence electrons. The Balaban J connectivity index is 1.91. The second-order valence-corrected chi connectivity index (χ2v) is 6.88. The van der Waals surface area contributed by atoms with Crippen LogP contribution in [-0.2, 0) is 19.8 Å². The summed E-state index contributed by atoms with van der Waals surface area (Å²) in [6, 6.07) is 6.67. The largest absolute Gasteiger partial charge is 0.329 e. The van der Waals surface area contributed by atoms with Gasteiger partial charge in [0.15, 0.2) is 11.2 Å². The molecule has 0 aliphatic rings. The molecular formula is C16H17FN4O2S. The third-order valence-corrected chi connectivity index (χ3v) is 5.21. The summed E-state index contributed by atoms with van der Waals surface area (Å²) in [5, 5.41) is -0.0619. The standard InChI is InChI=1S/C16H17FN4O2S/c1-9(10-6-4-5-7-11(10)17)24-8-12-18-14-13(20(12)2)15(22)19-16(23)21(14)3/h4-7,9H,8H2,1-3H3,(H,19,22,23). The second-order valence-electron chi connectivity index (χ2n) is 5.55. The maximum atomic E-state index is 13.8. The van der Waals surface area contributed by atoms with E-state index in [1.165, 1.54) is 22.4 Å². The highest BCUT2D eigenvalue weighted by Gasteiger charge is 2.17. The summed E-state index contributed by atoms with van der Waals surface area (Å²) in [6.07, 6.45) is 0. The summed E-state index contributed by atoms with van der Waals surface area (Å²) in [6.45, 7) is 1.92. The SMILES string of the molecule is CC(SCc1nc2c(c(=O)[nH]c(=O)n2C)n1C)c1ccccc1F. The molecule has 0 spiro atoms. The number of aromatic amines is 1. The van der Waals surface area contributed by atoms with E-state index in [-0.39, 0.29) is 11.1 Å². The van der Waals surface area contributed by atoms with Crippen molar-refractivity contribution in [3.63, 3.8) is 0 Å². The molecule has 0 bridgehead atoms. The Hall–Kier alpha value is -2.35. The zero-order valence-electron chi connectivity index (χ0n) is 13.5. The average Bonchev–Trinajstić information content (AvgIpc) is 2.88. The van der Waals surface area contributed by atoms with E-state index in [0.717, 1.165) is 0 Å². The van der Waals surface area contributed by atoms with Crippen molar-refractivity contribution in [2.45, 2.75) is 17.9 Å². The number of thioether (sulfide) groups is 1. The molecule has 0 saturated heterocycles. The molecule has 1 atom stereocenters. The van der Waals surface area contributed by atoms with Gasteiger partial charge >= 0.3 is 5.69 Å². The van der Waals surface area contributed by atoms with Crippen LogP contribution in [-0.4, -0.2) is 19.1 Å². The summed E-state index contributed by atoms with van der Waals surface area (Å²) in [7, 11) is 3.30. The fraction of sp³-hybridized carbons (Fsp3) is 0.312. The molecule has 0 saturated carbocycles. The number of fused-ring (bicyclic) bond motifs is 1. The molecule has 0 fully saturated rings. The third-order valence-electron chi connectivity index (χ3n) is 4.03. The van der Waals surface area contributed by atoms with E-state index in [1.54, 1.807) is 36.9 Å². The Morgan fingerprint density at radius 2 is 1.96 bits per heavy atom. The Morgan fingerprint density at radius 1 is 1.25 bits per heavy atom. The number of nitrogens with zero attached hydrogens (tertiary/aromatic N) is 3. The molecule has 24 heavy (non-hydrogen) atoms. The molecule has 6 nitrogen and oxygen atoms in total. The molecule has 2 aromatic heterocycles. The molecular weight excluding hydrogens is 331 g/mol. The van der Waals surface area contributed by atoms with Crippen LogP contribution in [0.2, 0.25) is 0 Å². The molecule has 0 amide bonds. The maximum Gasteiger partial charge on any atom is 0.329 e. The van der Waals surface area contributed by atoms with Gasteiger partial charge in [0, 0.05) is 24.9 Å². The van der Waals surface area contributed by atoms with E-state index < -0.39 is 11.2 Å². The summed E-state index contributed by atoms with van der Waals surface area (Å²) < 4.78 is 16.8. The topological polar surface area (TPSA) is 72.7 Å². The first-order valence-corrected chi connectivity index (χ1v) is 8.45. The van der Waals surface area contributed by atoms with Crippen LogP contribution in [0.3, 0.4) is 0 Å². The van der Waals surface area contributed by atoms with Crippen molar-refractivity contribution in [2.24, 2.45) is 14.1 Å². The molecule has 8 heteroatoms. The number of halogens is 1. The van der Waals surface area contributed by atoms with Gasteiger partial charge in [0.2, 0.25) is 0 Å². The average molecular weight is 348 g/mol. The van der Waals surface area contributed by atoms with Crippen molar-refractivity contribution >= 4 is 22.9 Å². The van der Waals surface area contributed by atoms with Gasteiger partial charge < -0.3 is 4.57 Å². The fourth-order valence-corrected chi connectivity index (χ4v) is 3.60. The molecule has 0 aliphatic heterocycles. The number of benzene rings is 1. The molecule has 3 rings (SSSR count). The van der Waals surface area contributed by atoms with Crippen molar-refractivity contribution in [1.82, 2.24) is 19.1 Å². The first-order valence-electron chi connectivity index (χ1n) is 7.40. The van der Waals surface area contributed by atoms with E-state index >= 15 is 0 Å². The molecule has 0 aliphatic carbocycles. The van der Waals surface area contributed by atoms with Crippen LogP contribution in [0.5, 0.6) is 0 Å². The number of hydrogen-bond donors (Lipinski definition) is 1. The lowest BCUT2D eigenvalue weighted by molar-refractivity contribution is 0.611. The Kier molecular flexibility index (Phi) is 4.31. The van der Waals surface area contributed by atoms with E-state index in [4.69, 9.17) is 0 Å². The summed E-state index contributed by atoms with van der Waals surface area (Å²) in [5.41, 5.74) is 0.379. The monoisotopic (exact) mass is 348 g/mol. The van der Waals surface area contributed by atoms with Gasteiger partial charge in [-0.15, -0.1) is 11.8 Å². The second kappa shape index (κ2) is 6.27. The van der Waals surface area contributed by atoms with E-state index in [0.29, 0.717) is 28.3 Å². The summed E-state index contributed by atoms with van der Waals surface area (Å²) in [4.78, 5) is 30.4. The van der Waals surface area contributed by atoms with E-state index in [1.807, 2.05) is 6.92 Å². The van der Waals surface area contributed by atoms with Gasteiger partial charge in [0.25, 0.3) is 5.56 Å². The van der Waals surface area contributed by atoms with Crippen molar-refractivity contribution in [1.29, 1.82) is 0 Å². The van der Waals surface area contributed by atoms with E-state index in [2.05, 4.69) is 9.97 Å². The number of nitrogens with one attached hydrogen (secondary N) is 1. The zero-order chi connectivity index (χ0) is 17.4. The highest BCUT2D eigenvalue weighted by Crippen LogP contribution is 2.32. The molecule has 1 N–H and O–H groups in total. The van der Waals surface area contributed by atoms with Crippen LogP contribution in [0.15, 0.2) is 33.9 Å². The van der Waals surface area contributed by atoms with Crippen molar-refractivity contribution in [3.8, 4) is 0 Å². The number of aryl methyl sites for hydroxylation is 2. The number of H-pyrrole nitrogens is 1. The quantitative estimate of drug-likeness (QED) is 0.784. The predicted molar refractivity (Wildman–Crippen MR) is 92.7 cm³/mol.